The van der Waals surface area contributed by atoms with E-state index in [4.69, 9.17) is 4.74 Å². The lowest BCUT2D eigenvalue weighted by Gasteiger charge is -2.52. The van der Waals surface area contributed by atoms with Crippen molar-refractivity contribution in [2.24, 2.45) is 5.92 Å². The number of sulfone groups is 1. The molecule has 3 aliphatic rings. The van der Waals surface area contributed by atoms with Crippen LogP contribution in [0.4, 0.5) is 0 Å². The topological polar surface area (TPSA) is 59.5 Å². The first-order chi connectivity index (χ1) is 11.6. The van der Waals surface area contributed by atoms with Gasteiger partial charge >= 0.3 is 0 Å². The molecular formula is C18H26N2O3S. The maximum Gasteiger partial charge on any atom is 0.158 e. The van der Waals surface area contributed by atoms with Gasteiger partial charge in [0.15, 0.2) is 9.84 Å². The van der Waals surface area contributed by atoms with Crippen LogP contribution in [0.5, 0.6) is 0 Å². The smallest absolute Gasteiger partial charge is 0.158 e. The van der Waals surface area contributed by atoms with E-state index >= 15 is 0 Å². The average Bonchev–Trinajstić information content (AvgIpc) is 3.13. The number of hydrogen-bond acceptors (Lipinski definition) is 5. The van der Waals surface area contributed by atoms with E-state index < -0.39 is 14.6 Å². The molecule has 3 heterocycles. The van der Waals surface area contributed by atoms with Gasteiger partial charge in [0, 0.05) is 31.2 Å². The Balaban J connectivity index is 1.38. The van der Waals surface area contributed by atoms with Gasteiger partial charge in [-0.05, 0) is 31.4 Å². The quantitative estimate of drug-likeness (QED) is 0.813. The number of ether oxygens (including phenoxy) is 1. The molecule has 0 bridgehead atoms. The Labute approximate surface area is 144 Å². The van der Waals surface area contributed by atoms with E-state index in [0.717, 1.165) is 25.2 Å². The zero-order valence-corrected chi connectivity index (χ0v) is 14.9. The van der Waals surface area contributed by atoms with Gasteiger partial charge in [0.25, 0.3) is 0 Å². The van der Waals surface area contributed by atoms with Crippen molar-refractivity contribution < 1.29 is 13.2 Å². The number of nitrogens with zero attached hydrogens (tertiary/aromatic N) is 2. The lowest BCUT2D eigenvalue weighted by atomic mass is 9.82. The highest BCUT2D eigenvalue weighted by molar-refractivity contribution is 7.93. The third kappa shape index (κ3) is 2.78. The van der Waals surface area contributed by atoms with Crippen LogP contribution < -0.4 is 0 Å². The molecule has 1 saturated carbocycles. The Kier molecular flexibility index (Phi) is 4.39. The van der Waals surface area contributed by atoms with Crippen molar-refractivity contribution in [1.82, 2.24) is 9.88 Å². The van der Waals surface area contributed by atoms with Crippen molar-refractivity contribution >= 4 is 9.84 Å². The second-order valence-electron chi connectivity index (χ2n) is 7.55. The molecule has 3 fully saturated rings. The summed E-state index contributed by atoms with van der Waals surface area (Å²) in [5, 5.41) is 0. The van der Waals surface area contributed by atoms with Gasteiger partial charge < -0.3 is 4.74 Å². The van der Waals surface area contributed by atoms with Crippen LogP contribution in [0.2, 0.25) is 0 Å². The molecular weight excluding hydrogens is 324 g/mol. The maximum absolute atomic E-state index is 12.7. The molecule has 0 amide bonds. The van der Waals surface area contributed by atoms with Gasteiger partial charge in [0.2, 0.25) is 0 Å². The van der Waals surface area contributed by atoms with Gasteiger partial charge in [-0.3, -0.25) is 9.88 Å². The highest BCUT2D eigenvalue weighted by Crippen LogP contribution is 2.47. The van der Waals surface area contributed by atoms with E-state index in [1.807, 2.05) is 18.2 Å². The zero-order valence-electron chi connectivity index (χ0n) is 14.1. The molecule has 1 unspecified atom stereocenters. The molecule has 5 nitrogen and oxygen atoms in total. The lowest BCUT2D eigenvalue weighted by molar-refractivity contribution is 0.00429. The van der Waals surface area contributed by atoms with Crippen LogP contribution in [0, 0.1) is 5.92 Å². The lowest BCUT2D eigenvalue weighted by Crippen LogP contribution is -2.69. The molecule has 0 radical (unpaired) electrons. The average molecular weight is 350 g/mol. The first kappa shape index (κ1) is 16.5. The molecule has 132 valence electrons. The fourth-order valence-corrected chi connectivity index (χ4v) is 7.09. The van der Waals surface area contributed by atoms with E-state index in [1.165, 1.54) is 25.7 Å². The summed E-state index contributed by atoms with van der Waals surface area (Å²) in [6.07, 6.45) is 7.54. The van der Waals surface area contributed by atoms with Gasteiger partial charge in [-0.25, -0.2) is 8.42 Å². The van der Waals surface area contributed by atoms with Crippen LogP contribution in [0.3, 0.4) is 0 Å². The van der Waals surface area contributed by atoms with Crippen LogP contribution in [-0.4, -0.2) is 54.5 Å². The van der Waals surface area contributed by atoms with Crippen LogP contribution in [0.25, 0.3) is 0 Å². The van der Waals surface area contributed by atoms with E-state index in [9.17, 15) is 8.42 Å². The van der Waals surface area contributed by atoms with E-state index in [-0.39, 0.29) is 5.92 Å². The van der Waals surface area contributed by atoms with E-state index in [2.05, 4.69) is 9.88 Å². The minimum absolute atomic E-state index is 0.129. The Bertz CT molecular complexity index is 665. The van der Waals surface area contributed by atoms with Gasteiger partial charge in [0.05, 0.1) is 24.7 Å². The van der Waals surface area contributed by atoms with E-state index in [0.29, 0.717) is 25.0 Å². The summed E-state index contributed by atoms with van der Waals surface area (Å²) in [4.78, 5) is 6.66. The third-order valence-electron chi connectivity index (χ3n) is 6.18. The standard InChI is InChI=1S/C18H26N2O3S/c21-24(22)10-8-15(11-23-12-16-5-3-4-9-19-16)18(24)13-20(14-18)17-6-1-2-7-17/h3-5,9,15,17H,1-2,6-8,10-14H2. The SMILES string of the molecule is O=S1(=O)CCC(COCc2ccccn2)C12CN(C1CCCC1)C2. The molecule has 0 N–H and O–H groups in total. The number of rotatable bonds is 5. The zero-order chi connectivity index (χ0) is 16.6. The third-order valence-corrected chi connectivity index (χ3v) is 8.78. The minimum Gasteiger partial charge on any atom is -0.375 e. The van der Waals surface area contributed by atoms with Crippen molar-refractivity contribution in [2.45, 2.75) is 49.5 Å². The summed E-state index contributed by atoms with van der Waals surface area (Å²) < 4.78 is 30.7. The Hall–Kier alpha value is -0.980. The second kappa shape index (κ2) is 6.39. The first-order valence-electron chi connectivity index (χ1n) is 9.05. The van der Waals surface area contributed by atoms with Crippen molar-refractivity contribution in [3.63, 3.8) is 0 Å². The summed E-state index contributed by atoms with van der Waals surface area (Å²) in [5.41, 5.74) is 0.897. The molecule has 1 atom stereocenters. The van der Waals surface area contributed by atoms with Crippen LogP contribution in [0.1, 0.15) is 37.8 Å². The highest BCUT2D eigenvalue weighted by Gasteiger charge is 2.62. The summed E-state index contributed by atoms with van der Waals surface area (Å²) in [5.74, 6) is 0.451. The molecule has 0 aromatic carbocycles. The highest BCUT2D eigenvalue weighted by atomic mass is 32.2. The Morgan fingerprint density at radius 3 is 2.71 bits per heavy atom. The molecule has 2 saturated heterocycles. The number of pyridine rings is 1. The predicted octanol–water partition coefficient (Wildman–Crippen LogP) is 2.03. The molecule has 6 heteroatoms. The van der Waals surface area contributed by atoms with Gasteiger partial charge in [-0.1, -0.05) is 18.9 Å². The summed E-state index contributed by atoms with van der Waals surface area (Å²) in [6, 6.07) is 6.38. The number of hydrogen-bond donors (Lipinski definition) is 0. The fourth-order valence-electron chi connectivity index (χ4n) is 4.67. The fraction of sp³-hybridized carbons (Fsp3) is 0.722. The Morgan fingerprint density at radius 1 is 1.21 bits per heavy atom. The first-order valence-corrected chi connectivity index (χ1v) is 10.7. The number of aromatic nitrogens is 1. The van der Waals surface area contributed by atoms with Crippen LogP contribution in [-0.2, 0) is 21.2 Å². The maximum atomic E-state index is 12.7. The van der Waals surface area contributed by atoms with Crippen molar-refractivity contribution in [3.05, 3.63) is 30.1 Å². The van der Waals surface area contributed by atoms with Crippen LogP contribution >= 0.6 is 0 Å². The second-order valence-corrected chi connectivity index (χ2v) is 10.00. The van der Waals surface area contributed by atoms with Crippen LogP contribution in [0.15, 0.2) is 24.4 Å². The molecule has 1 aliphatic carbocycles. The van der Waals surface area contributed by atoms with Gasteiger partial charge in [-0.15, -0.1) is 0 Å². The normalized spacial score (nSPS) is 29.1. The van der Waals surface area contributed by atoms with Crippen molar-refractivity contribution in [3.8, 4) is 0 Å². The molecule has 1 spiro atoms. The predicted molar refractivity (Wildman–Crippen MR) is 92.3 cm³/mol. The molecule has 1 aromatic rings. The molecule has 4 rings (SSSR count). The summed E-state index contributed by atoms with van der Waals surface area (Å²) >= 11 is 0. The van der Waals surface area contributed by atoms with Gasteiger partial charge in [-0.2, -0.15) is 0 Å². The number of likely N-dealkylation sites (tertiary alicyclic amines) is 1. The van der Waals surface area contributed by atoms with Crippen molar-refractivity contribution in [1.29, 1.82) is 0 Å². The molecule has 1 aromatic heterocycles. The Morgan fingerprint density at radius 2 is 2.00 bits per heavy atom. The monoisotopic (exact) mass is 350 g/mol. The summed E-state index contributed by atoms with van der Waals surface area (Å²) in [7, 11) is -2.99. The van der Waals surface area contributed by atoms with E-state index in [1.54, 1.807) is 6.20 Å². The van der Waals surface area contributed by atoms with Crippen molar-refractivity contribution in [2.75, 3.05) is 25.4 Å². The molecule has 24 heavy (non-hydrogen) atoms. The minimum atomic E-state index is -2.99. The largest absolute Gasteiger partial charge is 0.375 e. The van der Waals surface area contributed by atoms with Gasteiger partial charge in [0.1, 0.15) is 4.75 Å². The summed E-state index contributed by atoms with van der Waals surface area (Å²) in [6.45, 7) is 2.42. The molecule has 2 aliphatic heterocycles.